The van der Waals surface area contributed by atoms with E-state index in [2.05, 4.69) is 55.1 Å². The molecule has 1 aromatic carbocycles. The van der Waals surface area contributed by atoms with Gasteiger partial charge in [0.05, 0.1) is 6.54 Å². The van der Waals surface area contributed by atoms with Crippen LogP contribution < -0.4 is 0 Å². The lowest BCUT2D eigenvalue weighted by molar-refractivity contribution is -0.130. The summed E-state index contributed by atoms with van der Waals surface area (Å²) < 4.78 is 1.67. The largest absolute Gasteiger partial charge is 0.341 e. The summed E-state index contributed by atoms with van der Waals surface area (Å²) in [6.45, 7) is 7.78. The fourth-order valence-electron chi connectivity index (χ4n) is 2.22. The zero-order valence-electron chi connectivity index (χ0n) is 13.8. The van der Waals surface area contributed by atoms with Crippen LogP contribution in [0, 0.1) is 0 Å². The summed E-state index contributed by atoms with van der Waals surface area (Å²) in [4.78, 5) is 17.8. The van der Waals surface area contributed by atoms with Crippen molar-refractivity contribution >= 4 is 5.91 Å². The lowest BCUT2D eigenvalue weighted by Gasteiger charge is -2.21. The molecule has 0 saturated heterocycles. The highest BCUT2D eigenvalue weighted by atomic mass is 16.2. The Labute approximate surface area is 132 Å². The van der Waals surface area contributed by atoms with Crippen molar-refractivity contribution < 1.29 is 4.79 Å². The van der Waals surface area contributed by atoms with Gasteiger partial charge in [-0.1, -0.05) is 45.0 Å². The summed E-state index contributed by atoms with van der Waals surface area (Å²) in [5.74, 6) is 0.107. The van der Waals surface area contributed by atoms with E-state index in [1.54, 1.807) is 15.9 Å². The van der Waals surface area contributed by atoms with Crippen LogP contribution in [0.2, 0.25) is 0 Å². The average Bonchev–Trinajstić information content (AvgIpc) is 2.97. The maximum atomic E-state index is 12.1. The predicted molar refractivity (Wildman–Crippen MR) is 86.3 cm³/mol. The standard InChI is InChI=1S/C17H24N4O/c1-17(2,3)15-7-5-14(6-8-15)11-20(4)16(22)9-10-21-13-18-12-19-21/h5-8,12-13H,9-11H2,1-4H3. The van der Waals surface area contributed by atoms with Gasteiger partial charge in [0.2, 0.25) is 5.91 Å². The van der Waals surface area contributed by atoms with Gasteiger partial charge < -0.3 is 4.90 Å². The van der Waals surface area contributed by atoms with E-state index < -0.39 is 0 Å². The van der Waals surface area contributed by atoms with Crippen molar-refractivity contribution in [1.29, 1.82) is 0 Å². The number of carbonyl (C=O) groups excluding carboxylic acids is 1. The Morgan fingerprint density at radius 1 is 1.23 bits per heavy atom. The van der Waals surface area contributed by atoms with Gasteiger partial charge in [0.15, 0.2) is 0 Å². The van der Waals surface area contributed by atoms with Crippen molar-refractivity contribution in [3.63, 3.8) is 0 Å². The highest BCUT2D eigenvalue weighted by Gasteiger charge is 2.14. The fourth-order valence-corrected chi connectivity index (χ4v) is 2.22. The number of carbonyl (C=O) groups is 1. The van der Waals surface area contributed by atoms with E-state index in [9.17, 15) is 4.79 Å². The minimum absolute atomic E-state index is 0.107. The van der Waals surface area contributed by atoms with E-state index in [1.807, 2.05) is 7.05 Å². The molecule has 0 aliphatic carbocycles. The average molecular weight is 300 g/mol. The lowest BCUT2D eigenvalue weighted by Crippen LogP contribution is -2.27. The van der Waals surface area contributed by atoms with E-state index in [4.69, 9.17) is 0 Å². The minimum atomic E-state index is 0.107. The molecule has 22 heavy (non-hydrogen) atoms. The zero-order chi connectivity index (χ0) is 16.2. The van der Waals surface area contributed by atoms with E-state index in [1.165, 1.54) is 11.9 Å². The molecule has 0 N–H and O–H groups in total. The molecule has 1 aromatic heterocycles. The summed E-state index contributed by atoms with van der Waals surface area (Å²) in [6.07, 6.45) is 3.53. The molecule has 118 valence electrons. The molecule has 0 spiro atoms. The highest BCUT2D eigenvalue weighted by molar-refractivity contribution is 5.75. The first-order chi connectivity index (χ1) is 10.4. The predicted octanol–water partition coefficient (Wildman–Crippen LogP) is 2.62. The number of benzene rings is 1. The molecular weight excluding hydrogens is 276 g/mol. The van der Waals surface area contributed by atoms with Gasteiger partial charge in [-0.3, -0.25) is 9.48 Å². The van der Waals surface area contributed by atoms with Gasteiger partial charge in [-0.05, 0) is 16.5 Å². The van der Waals surface area contributed by atoms with Crippen LogP contribution in [0.3, 0.4) is 0 Å². The number of aromatic nitrogens is 3. The second-order valence-corrected chi connectivity index (χ2v) is 6.61. The monoisotopic (exact) mass is 300 g/mol. The van der Waals surface area contributed by atoms with E-state index >= 15 is 0 Å². The first-order valence-electron chi connectivity index (χ1n) is 7.52. The van der Waals surface area contributed by atoms with Crippen LogP contribution in [0.15, 0.2) is 36.9 Å². The van der Waals surface area contributed by atoms with Gasteiger partial charge in [-0.25, -0.2) is 4.98 Å². The highest BCUT2D eigenvalue weighted by Crippen LogP contribution is 2.22. The molecule has 0 bridgehead atoms. The summed E-state index contributed by atoms with van der Waals surface area (Å²) in [7, 11) is 1.83. The van der Waals surface area contributed by atoms with Gasteiger partial charge >= 0.3 is 0 Å². The van der Waals surface area contributed by atoms with Gasteiger partial charge in [0.1, 0.15) is 12.7 Å². The van der Waals surface area contributed by atoms with Crippen molar-refractivity contribution in [2.75, 3.05) is 7.05 Å². The van der Waals surface area contributed by atoms with Crippen LogP contribution >= 0.6 is 0 Å². The Hall–Kier alpha value is -2.17. The summed E-state index contributed by atoms with van der Waals surface area (Å²) in [5, 5.41) is 4.00. The second-order valence-electron chi connectivity index (χ2n) is 6.61. The molecule has 1 heterocycles. The maximum Gasteiger partial charge on any atom is 0.224 e. The number of hydrogen-bond acceptors (Lipinski definition) is 3. The lowest BCUT2D eigenvalue weighted by atomic mass is 9.87. The molecule has 0 unspecified atom stereocenters. The van der Waals surface area contributed by atoms with Crippen molar-refractivity contribution in [3.05, 3.63) is 48.0 Å². The molecule has 0 fully saturated rings. The zero-order valence-corrected chi connectivity index (χ0v) is 13.8. The minimum Gasteiger partial charge on any atom is -0.341 e. The first-order valence-corrected chi connectivity index (χ1v) is 7.52. The van der Waals surface area contributed by atoms with Crippen LogP contribution in [0.5, 0.6) is 0 Å². The van der Waals surface area contributed by atoms with Crippen LogP contribution in [-0.4, -0.2) is 32.6 Å². The van der Waals surface area contributed by atoms with Crippen LogP contribution in [0.25, 0.3) is 0 Å². The van der Waals surface area contributed by atoms with Crippen LogP contribution in [-0.2, 0) is 23.3 Å². The Kier molecular flexibility index (Phi) is 4.96. The van der Waals surface area contributed by atoms with E-state index in [0.717, 1.165) is 5.56 Å². The maximum absolute atomic E-state index is 12.1. The molecule has 2 rings (SSSR count). The first kappa shape index (κ1) is 16.2. The number of aryl methyl sites for hydroxylation is 1. The molecule has 0 aliphatic rings. The summed E-state index contributed by atoms with van der Waals surface area (Å²) in [6, 6.07) is 8.48. The normalized spacial score (nSPS) is 11.5. The smallest absolute Gasteiger partial charge is 0.224 e. The molecule has 2 aromatic rings. The number of hydrogen-bond donors (Lipinski definition) is 0. The fraction of sp³-hybridized carbons (Fsp3) is 0.471. The quantitative estimate of drug-likeness (QED) is 0.853. The summed E-state index contributed by atoms with van der Waals surface area (Å²) in [5.41, 5.74) is 2.60. The number of rotatable bonds is 5. The van der Waals surface area contributed by atoms with E-state index in [-0.39, 0.29) is 11.3 Å². The van der Waals surface area contributed by atoms with E-state index in [0.29, 0.717) is 19.5 Å². The Bertz CT molecular complexity index is 597. The van der Waals surface area contributed by atoms with Crippen LogP contribution in [0.1, 0.15) is 38.3 Å². The van der Waals surface area contributed by atoms with Gasteiger partial charge in [0.25, 0.3) is 0 Å². The third-order valence-electron chi connectivity index (χ3n) is 3.69. The molecular formula is C17H24N4O. The number of amides is 1. The Morgan fingerprint density at radius 3 is 2.45 bits per heavy atom. The third-order valence-corrected chi connectivity index (χ3v) is 3.69. The SMILES string of the molecule is CN(Cc1ccc(C(C)(C)C)cc1)C(=O)CCn1cncn1. The Morgan fingerprint density at radius 2 is 1.91 bits per heavy atom. The third kappa shape index (κ3) is 4.41. The molecule has 0 aliphatic heterocycles. The molecule has 5 heteroatoms. The van der Waals surface area contributed by atoms with Crippen molar-refractivity contribution in [3.8, 4) is 0 Å². The van der Waals surface area contributed by atoms with Crippen molar-refractivity contribution in [1.82, 2.24) is 19.7 Å². The van der Waals surface area contributed by atoms with Crippen molar-refractivity contribution in [2.24, 2.45) is 0 Å². The van der Waals surface area contributed by atoms with Crippen LogP contribution in [0.4, 0.5) is 0 Å². The molecule has 0 atom stereocenters. The Balaban J connectivity index is 1.88. The van der Waals surface area contributed by atoms with Gasteiger partial charge in [-0.15, -0.1) is 0 Å². The topological polar surface area (TPSA) is 51.0 Å². The summed E-state index contributed by atoms with van der Waals surface area (Å²) >= 11 is 0. The second kappa shape index (κ2) is 6.73. The number of nitrogens with zero attached hydrogens (tertiary/aromatic N) is 4. The van der Waals surface area contributed by atoms with Crippen molar-refractivity contribution in [2.45, 2.75) is 45.7 Å². The molecule has 0 saturated carbocycles. The molecule has 1 amide bonds. The van der Waals surface area contributed by atoms with Gasteiger partial charge in [-0.2, -0.15) is 5.10 Å². The molecule has 5 nitrogen and oxygen atoms in total. The molecule has 0 radical (unpaired) electrons. The van der Waals surface area contributed by atoms with Gasteiger partial charge in [0, 0.05) is 20.0 Å².